The lowest BCUT2D eigenvalue weighted by atomic mass is 9.95. The van der Waals surface area contributed by atoms with E-state index in [1.165, 1.54) is 6.42 Å². The van der Waals surface area contributed by atoms with Crippen molar-refractivity contribution in [3.63, 3.8) is 0 Å². The highest BCUT2D eigenvalue weighted by molar-refractivity contribution is 6.30. The fourth-order valence-electron chi connectivity index (χ4n) is 3.10. The lowest BCUT2D eigenvalue weighted by Gasteiger charge is -2.23. The van der Waals surface area contributed by atoms with Gasteiger partial charge in [-0.1, -0.05) is 43.0 Å². The summed E-state index contributed by atoms with van der Waals surface area (Å²) in [6, 6.07) is 13.9. The number of amides is 2. The molecule has 1 aliphatic rings. The van der Waals surface area contributed by atoms with Crippen LogP contribution in [0.1, 0.15) is 52.8 Å². The number of carbonyl (C=O) groups excluding carboxylic acids is 2. The SMILES string of the molecule is O=C(Nc1ccccc1C(=O)NC1CCCCC1)c1ccc(Cl)cc1. The van der Waals surface area contributed by atoms with Crippen molar-refractivity contribution in [1.29, 1.82) is 0 Å². The average molecular weight is 357 g/mol. The van der Waals surface area contributed by atoms with E-state index in [2.05, 4.69) is 10.6 Å². The molecule has 4 nitrogen and oxygen atoms in total. The number of halogens is 1. The van der Waals surface area contributed by atoms with E-state index in [0.29, 0.717) is 21.8 Å². The van der Waals surface area contributed by atoms with Crippen LogP contribution in [0.15, 0.2) is 48.5 Å². The molecule has 130 valence electrons. The molecule has 2 aromatic rings. The van der Waals surface area contributed by atoms with E-state index < -0.39 is 0 Å². The largest absolute Gasteiger partial charge is 0.349 e. The summed E-state index contributed by atoms with van der Waals surface area (Å²) in [5.41, 5.74) is 1.48. The smallest absolute Gasteiger partial charge is 0.255 e. The fraction of sp³-hybridized carbons (Fsp3) is 0.300. The van der Waals surface area contributed by atoms with Crippen LogP contribution in [0.5, 0.6) is 0 Å². The van der Waals surface area contributed by atoms with Gasteiger partial charge in [-0.2, -0.15) is 0 Å². The molecule has 1 aliphatic carbocycles. The maximum absolute atomic E-state index is 12.6. The van der Waals surface area contributed by atoms with Crippen molar-refractivity contribution in [3.8, 4) is 0 Å². The highest BCUT2D eigenvalue weighted by Gasteiger charge is 2.19. The van der Waals surface area contributed by atoms with E-state index in [9.17, 15) is 9.59 Å². The number of hydrogen-bond acceptors (Lipinski definition) is 2. The maximum atomic E-state index is 12.6. The first kappa shape index (κ1) is 17.5. The highest BCUT2D eigenvalue weighted by Crippen LogP contribution is 2.20. The van der Waals surface area contributed by atoms with Crippen molar-refractivity contribution >= 4 is 29.1 Å². The standard InChI is InChI=1S/C20H21ClN2O2/c21-15-12-10-14(11-13-15)19(24)23-18-9-5-4-8-17(18)20(25)22-16-6-2-1-3-7-16/h4-5,8-13,16H,1-3,6-7H2,(H,22,25)(H,23,24). The Morgan fingerprint density at radius 3 is 2.28 bits per heavy atom. The summed E-state index contributed by atoms with van der Waals surface area (Å²) in [6.07, 6.45) is 5.58. The first-order chi connectivity index (χ1) is 12.1. The minimum atomic E-state index is -0.269. The third kappa shape index (κ3) is 4.60. The molecule has 0 unspecified atom stereocenters. The quantitative estimate of drug-likeness (QED) is 0.837. The van der Waals surface area contributed by atoms with Gasteiger partial charge in [-0.25, -0.2) is 0 Å². The first-order valence-corrected chi connectivity index (χ1v) is 8.98. The van der Waals surface area contributed by atoms with Crippen molar-refractivity contribution in [3.05, 3.63) is 64.7 Å². The molecule has 0 heterocycles. The summed E-state index contributed by atoms with van der Waals surface area (Å²) in [7, 11) is 0. The van der Waals surface area contributed by atoms with Crippen molar-refractivity contribution in [2.45, 2.75) is 38.1 Å². The van der Waals surface area contributed by atoms with E-state index in [1.807, 2.05) is 0 Å². The number of anilines is 1. The fourth-order valence-corrected chi connectivity index (χ4v) is 3.22. The minimum absolute atomic E-state index is 0.140. The zero-order valence-corrected chi connectivity index (χ0v) is 14.7. The number of rotatable bonds is 4. The third-order valence-corrected chi connectivity index (χ3v) is 4.72. The van der Waals surface area contributed by atoms with Crippen LogP contribution in [-0.4, -0.2) is 17.9 Å². The topological polar surface area (TPSA) is 58.2 Å². The number of hydrogen-bond donors (Lipinski definition) is 2. The van der Waals surface area contributed by atoms with Crippen molar-refractivity contribution < 1.29 is 9.59 Å². The normalized spacial score (nSPS) is 14.8. The van der Waals surface area contributed by atoms with E-state index in [0.717, 1.165) is 25.7 Å². The molecule has 1 fully saturated rings. The summed E-state index contributed by atoms with van der Waals surface area (Å²) in [6.45, 7) is 0. The zero-order valence-electron chi connectivity index (χ0n) is 13.9. The summed E-state index contributed by atoms with van der Waals surface area (Å²) in [4.78, 5) is 25.0. The van der Waals surface area contributed by atoms with E-state index >= 15 is 0 Å². The lowest BCUT2D eigenvalue weighted by molar-refractivity contribution is 0.0928. The summed E-state index contributed by atoms with van der Waals surface area (Å²) in [5.74, 6) is -0.409. The van der Waals surface area contributed by atoms with Gasteiger partial charge in [0.05, 0.1) is 11.3 Å². The molecular formula is C20H21ClN2O2. The predicted octanol–water partition coefficient (Wildman–Crippen LogP) is 4.65. The van der Waals surface area contributed by atoms with E-state index in [4.69, 9.17) is 11.6 Å². The molecule has 0 saturated heterocycles. The van der Waals surface area contributed by atoms with Crippen LogP contribution < -0.4 is 10.6 Å². The molecule has 2 aromatic carbocycles. The van der Waals surface area contributed by atoms with Gasteiger partial charge < -0.3 is 10.6 Å². The Kier molecular flexibility index (Phi) is 5.71. The number of carbonyl (C=O) groups is 2. The molecule has 0 bridgehead atoms. The highest BCUT2D eigenvalue weighted by atomic mass is 35.5. The third-order valence-electron chi connectivity index (χ3n) is 4.47. The number of para-hydroxylation sites is 1. The van der Waals surface area contributed by atoms with Gasteiger partial charge in [0.15, 0.2) is 0 Å². The zero-order chi connectivity index (χ0) is 17.6. The van der Waals surface area contributed by atoms with Crippen LogP contribution in [0, 0.1) is 0 Å². The summed E-state index contributed by atoms with van der Waals surface area (Å²) in [5, 5.41) is 6.48. The van der Waals surface area contributed by atoms with Crippen LogP contribution in [-0.2, 0) is 0 Å². The van der Waals surface area contributed by atoms with Crippen LogP contribution >= 0.6 is 11.6 Å². The minimum Gasteiger partial charge on any atom is -0.349 e. The summed E-state index contributed by atoms with van der Waals surface area (Å²) >= 11 is 5.85. The molecule has 0 aromatic heterocycles. The first-order valence-electron chi connectivity index (χ1n) is 8.60. The molecule has 25 heavy (non-hydrogen) atoms. The molecule has 0 atom stereocenters. The molecule has 5 heteroatoms. The van der Waals surface area contributed by atoms with Gasteiger partial charge in [-0.15, -0.1) is 0 Å². The van der Waals surface area contributed by atoms with Gasteiger partial charge in [-0.3, -0.25) is 9.59 Å². The number of nitrogens with one attached hydrogen (secondary N) is 2. The van der Waals surface area contributed by atoms with Crippen LogP contribution in [0.3, 0.4) is 0 Å². The molecule has 2 N–H and O–H groups in total. The number of benzene rings is 2. The molecule has 2 amide bonds. The second-order valence-corrected chi connectivity index (χ2v) is 6.75. The Balaban J connectivity index is 1.72. The van der Waals surface area contributed by atoms with Crippen molar-refractivity contribution in [2.24, 2.45) is 0 Å². The summed E-state index contributed by atoms with van der Waals surface area (Å²) < 4.78 is 0. The van der Waals surface area contributed by atoms with Gasteiger partial charge in [0.1, 0.15) is 0 Å². The Hall–Kier alpha value is -2.33. The van der Waals surface area contributed by atoms with Crippen molar-refractivity contribution in [2.75, 3.05) is 5.32 Å². The van der Waals surface area contributed by atoms with E-state index in [1.54, 1.807) is 48.5 Å². The second kappa shape index (κ2) is 8.17. The lowest BCUT2D eigenvalue weighted by Crippen LogP contribution is -2.36. The Morgan fingerprint density at radius 2 is 1.56 bits per heavy atom. The second-order valence-electron chi connectivity index (χ2n) is 6.31. The molecule has 1 saturated carbocycles. The average Bonchev–Trinajstić information content (AvgIpc) is 2.63. The Morgan fingerprint density at radius 1 is 0.880 bits per heavy atom. The molecule has 3 rings (SSSR count). The van der Waals surface area contributed by atoms with Crippen LogP contribution in [0.25, 0.3) is 0 Å². The Labute approximate surface area is 152 Å². The van der Waals surface area contributed by atoms with Crippen molar-refractivity contribution in [1.82, 2.24) is 5.32 Å². The van der Waals surface area contributed by atoms with Gasteiger partial charge in [-0.05, 0) is 49.2 Å². The van der Waals surface area contributed by atoms with Gasteiger partial charge in [0, 0.05) is 16.6 Å². The van der Waals surface area contributed by atoms with Gasteiger partial charge in [0.25, 0.3) is 11.8 Å². The Bertz CT molecular complexity index is 753. The van der Waals surface area contributed by atoms with Crippen LogP contribution in [0.2, 0.25) is 5.02 Å². The van der Waals surface area contributed by atoms with Gasteiger partial charge in [0.2, 0.25) is 0 Å². The molecule has 0 aliphatic heterocycles. The van der Waals surface area contributed by atoms with Crippen LogP contribution in [0.4, 0.5) is 5.69 Å². The molecule has 0 spiro atoms. The maximum Gasteiger partial charge on any atom is 0.255 e. The molecular weight excluding hydrogens is 336 g/mol. The predicted molar refractivity (Wildman–Crippen MR) is 100 cm³/mol. The monoisotopic (exact) mass is 356 g/mol. The van der Waals surface area contributed by atoms with E-state index in [-0.39, 0.29) is 17.9 Å². The molecule has 0 radical (unpaired) electrons. The van der Waals surface area contributed by atoms with Gasteiger partial charge >= 0.3 is 0 Å².